The maximum Gasteiger partial charge on any atom is 0.138 e. The summed E-state index contributed by atoms with van der Waals surface area (Å²) < 4.78 is 8.14. The number of ether oxygens (including phenoxy) is 1. The molecule has 1 unspecified atom stereocenters. The van der Waals surface area contributed by atoms with Crippen molar-refractivity contribution in [2.45, 2.75) is 64.5 Å². The van der Waals surface area contributed by atoms with Crippen molar-refractivity contribution < 1.29 is 4.74 Å². The van der Waals surface area contributed by atoms with Gasteiger partial charge in [0, 0.05) is 26.1 Å². The zero-order valence-electron chi connectivity index (χ0n) is 14.1. The summed E-state index contributed by atoms with van der Waals surface area (Å²) in [5.74, 6) is 1.01. The molecule has 1 heterocycles. The van der Waals surface area contributed by atoms with Crippen molar-refractivity contribution >= 4 is 0 Å². The molecule has 120 valence electrons. The largest absolute Gasteiger partial charge is 0.374 e. The minimum absolute atomic E-state index is 0.0784. The summed E-state index contributed by atoms with van der Waals surface area (Å²) in [4.78, 5) is 4.37. The van der Waals surface area contributed by atoms with Gasteiger partial charge in [-0.1, -0.05) is 13.8 Å². The fraction of sp³-hybridized carbons (Fsp3) is 0.875. The third-order valence-corrected chi connectivity index (χ3v) is 5.06. The highest BCUT2D eigenvalue weighted by molar-refractivity contribution is 5.03. The van der Waals surface area contributed by atoms with Crippen molar-refractivity contribution in [3.63, 3.8) is 0 Å². The lowest BCUT2D eigenvalue weighted by atomic mass is 9.68. The molecule has 1 aromatic heterocycles. The molecule has 0 saturated heterocycles. The quantitative estimate of drug-likeness (QED) is 0.875. The lowest BCUT2D eigenvalue weighted by molar-refractivity contribution is -0.105. The highest BCUT2D eigenvalue weighted by Crippen LogP contribution is 2.44. The lowest BCUT2D eigenvalue weighted by Crippen LogP contribution is -2.55. The van der Waals surface area contributed by atoms with E-state index in [4.69, 9.17) is 4.74 Å². The number of hydrogen-bond acceptors (Lipinski definition) is 4. The van der Waals surface area contributed by atoms with Crippen molar-refractivity contribution in [2.24, 2.45) is 12.5 Å². The molecule has 0 aliphatic heterocycles. The topological polar surface area (TPSA) is 52.0 Å². The van der Waals surface area contributed by atoms with Crippen molar-refractivity contribution in [3.05, 3.63) is 12.2 Å². The van der Waals surface area contributed by atoms with Crippen LogP contribution < -0.4 is 5.32 Å². The van der Waals surface area contributed by atoms with Gasteiger partial charge in [-0.25, -0.2) is 4.98 Å². The van der Waals surface area contributed by atoms with Crippen LogP contribution in [0.3, 0.4) is 0 Å². The summed E-state index contributed by atoms with van der Waals surface area (Å²) in [6.07, 6.45) is 7.12. The van der Waals surface area contributed by atoms with Crippen LogP contribution in [0.5, 0.6) is 0 Å². The van der Waals surface area contributed by atoms with Crippen molar-refractivity contribution in [2.75, 3.05) is 13.7 Å². The molecule has 0 bridgehead atoms. The molecule has 1 fully saturated rings. The van der Waals surface area contributed by atoms with Crippen LogP contribution in [0.1, 0.15) is 52.3 Å². The molecule has 0 amide bonds. The lowest BCUT2D eigenvalue weighted by Gasteiger charge is -2.47. The second-order valence-electron chi connectivity index (χ2n) is 7.01. The number of likely N-dealkylation sites (N-methyl/N-ethyl adjacent to an activating group) is 1. The number of aromatic nitrogens is 3. The van der Waals surface area contributed by atoms with E-state index in [1.807, 2.05) is 18.8 Å². The van der Waals surface area contributed by atoms with E-state index < -0.39 is 0 Å². The Hall–Kier alpha value is -0.940. The zero-order valence-corrected chi connectivity index (χ0v) is 14.1. The Labute approximate surface area is 128 Å². The molecular weight excluding hydrogens is 264 g/mol. The van der Waals surface area contributed by atoms with E-state index in [0.717, 1.165) is 31.7 Å². The molecule has 5 nitrogen and oxygen atoms in total. The molecule has 2 rings (SSSR count). The van der Waals surface area contributed by atoms with Gasteiger partial charge >= 0.3 is 0 Å². The molecule has 0 aromatic carbocycles. The van der Waals surface area contributed by atoms with Gasteiger partial charge in [-0.2, -0.15) is 5.10 Å². The average Bonchev–Trinajstić information content (AvgIpc) is 2.84. The van der Waals surface area contributed by atoms with Crippen molar-refractivity contribution in [3.8, 4) is 0 Å². The first-order chi connectivity index (χ1) is 9.92. The summed E-state index contributed by atoms with van der Waals surface area (Å²) in [6.45, 7) is 7.58. The first kappa shape index (κ1) is 16.4. The summed E-state index contributed by atoms with van der Waals surface area (Å²) in [7, 11) is 3.98. The summed E-state index contributed by atoms with van der Waals surface area (Å²) >= 11 is 0. The van der Waals surface area contributed by atoms with Crippen molar-refractivity contribution in [1.82, 2.24) is 20.1 Å². The Morgan fingerprint density at radius 3 is 2.48 bits per heavy atom. The van der Waals surface area contributed by atoms with Crippen LogP contribution >= 0.6 is 0 Å². The molecular formula is C16H30N4O. The SMILES string of the molecule is CCOC1(C(Cc2ncnn2C)NC)CCC(C)(C)CC1. The van der Waals surface area contributed by atoms with E-state index in [9.17, 15) is 0 Å². The van der Waals surface area contributed by atoms with Gasteiger partial charge in [0.2, 0.25) is 0 Å². The predicted molar refractivity (Wildman–Crippen MR) is 84.2 cm³/mol. The Morgan fingerprint density at radius 2 is 2.00 bits per heavy atom. The van der Waals surface area contributed by atoms with Gasteiger partial charge in [-0.15, -0.1) is 0 Å². The average molecular weight is 294 g/mol. The second kappa shape index (κ2) is 6.44. The Bertz CT molecular complexity index is 445. The van der Waals surface area contributed by atoms with E-state index in [1.54, 1.807) is 6.33 Å². The minimum atomic E-state index is -0.0784. The molecule has 0 spiro atoms. The highest BCUT2D eigenvalue weighted by atomic mass is 16.5. The van der Waals surface area contributed by atoms with Crippen LogP contribution in [0.15, 0.2) is 6.33 Å². The van der Waals surface area contributed by atoms with Gasteiger partial charge in [0.1, 0.15) is 12.2 Å². The van der Waals surface area contributed by atoms with Gasteiger partial charge in [0.25, 0.3) is 0 Å². The van der Waals surface area contributed by atoms with Gasteiger partial charge in [-0.3, -0.25) is 4.68 Å². The van der Waals surface area contributed by atoms with Crippen molar-refractivity contribution in [1.29, 1.82) is 0 Å². The van der Waals surface area contributed by atoms with E-state index in [2.05, 4.69) is 36.2 Å². The summed E-state index contributed by atoms with van der Waals surface area (Å²) in [6, 6.07) is 0.274. The fourth-order valence-corrected chi connectivity index (χ4v) is 3.47. The van der Waals surface area contributed by atoms with E-state index in [1.165, 1.54) is 12.8 Å². The number of nitrogens with zero attached hydrogens (tertiary/aromatic N) is 3. The predicted octanol–water partition coefficient (Wildman–Crippen LogP) is 2.32. The summed E-state index contributed by atoms with van der Waals surface area (Å²) in [5.41, 5.74) is 0.356. The van der Waals surface area contributed by atoms with Gasteiger partial charge < -0.3 is 10.1 Å². The van der Waals surface area contributed by atoms with E-state index in [0.29, 0.717) is 5.41 Å². The first-order valence-electron chi connectivity index (χ1n) is 8.06. The molecule has 0 radical (unpaired) electrons. The Kier molecular flexibility index (Phi) is 5.04. The molecule has 1 saturated carbocycles. The molecule has 1 aromatic rings. The van der Waals surface area contributed by atoms with E-state index in [-0.39, 0.29) is 11.6 Å². The number of nitrogens with one attached hydrogen (secondary N) is 1. The Morgan fingerprint density at radius 1 is 1.33 bits per heavy atom. The van der Waals surface area contributed by atoms with Gasteiger partial charge in [0.05, 0.1) is 5.60 Å². The van der Waals surface area contributed by atoms with Crippen LogP contribution in [0.25, 0.3) is 0 Å². The smallest absolute Gasteiger partial charge is 0.138 e. The molecule has 21 heavy (non-hydrogen) atoms. The molecule has 5 heteroatoms. The highest BCUT2D eigenvalue weighted by Gasteiger charge is 2.44. The van der Waals surface area contributed by atoms with E-state index >= 15 is 0 Å². The minimum Gasteiger partial charge on any atom is -0.374 e. The number of hydrogen-bond donors (Lipinski definition) is 1. The normalized spacial score (nSPS) is 22.1. The van der Waals surface area contributed by atoms with Crippen LogP contribution in [-0.4, -0.2) is 40.1 Å². The molecule has 1 aliphatic carbocycles. The van der Waals surface area contributed by atoms with Crippen LogP contribution in [0, 0.1) is 5.41 Å². The standard InChI is InChI=1S/C16H30N4O/c1-6-21-16(9-7-15(2,3)8-10-16)13(17-4)11-14-18-12-19-20(14)5/h12-13,17H,6-11H2,1-5H3. The zero-order chi connectivity index (χ0) is 15.5. The third kappa shape index (κ3) is 3.64. The van der Waals surface area contributed by atoms with Crippen LogP contribution in [0.4, 0.5) is 0 Å². The maximum absolute atomic E-state index is 6.29. The monoisotopic (exact) mass is 294 g/mol. The van der Waals surface area contributed by atoms with Gasteiger partial charge in [0.15, 0.2) is 0 Å². The maximum atomic E-state index is 6.29. The molecule has 1 N–H and O–H groups in total. The molecule has 1 atom stereocenters. The third-order valence-electron chi connectivity index (χ3n) is 5.06. The second-order valence-corrected chi connectivity index (χ2v) is 7.01. The molecule has 1 aliphatic rings. The van der Waals surface area contributed by atoms with Gasteiger partial charge in [-0.05, 0) is 45.1 Å². The Balaban J connectivity index is 2.17. The fourth-order valence-electron chi connectivity index (χ4n) is 3.47. The van der Waals surface area contributed by atoms with Crippen LogP contribution in [-0.2, 0) is 18.2 Å². The van der Waals surface area contributed by atoms with Crippen LogP contribution in [0.2, 0.25) is 0 Å². The first-order valence-corrected chi connectivity index (χ1v) is 8.06. The number of aryl methyl sites for hydroxylation is 1. The number of rotatable bonds is 6. The summed E-state index contributed by atoms with van der Waals surface area (Å²) in [5, 5.41) is 7.66.